The van der Waals surface area contributed by atoms with Crippen molar-refractivity contribution in [3.05, 3.63) is 72.5 Å². The highest BCUT2D eigenvalue weighted by atomic mass is 16.5. The summed E-state index contributed by atoms with van der Waals surface area (Å²) in [4.78, 5) is 20.4. The number of oxazole rings is 1. The predicted octanol–water partition coefficient (Wildman–Crippen LogP) is 3.95. The van der Waals surface area contributed by atoms with Crippen LogP contribution >= 0.6 is 0 Å². The van der Waals surface area contributed by atoms with Crippen LogP contribution < -0.4 is 5.32 Å². The maximum absolute atomic E-state index is 12.4. The number of aromatic nitrogens is 3. The van der Waals surface area contributed by atoms with Gasteiger partial charge in [-0.25, -0.2) is 4.98 Å². The van der Waals surface area contributed by atoms with Gasteiger partial charge >= 0.3 is 0 Å². The van der Waals surface area contributed by atoms with Crippen LogP contribution in [-0.4, -0.2) is 21.0 Å². The van der Waals surface area contributed by atoms with Crippen LogP contribution in [-0.2, 0) is 0 Å². The Morgan fingerprint density at radius 2 is 1.73 bits per heavy atom. The standard InChI is InChI=1S/C19H14N4O3/c1-12-21-19(26-23-12)15-4-2-14(3-5-15)18(24)22-16-8-6-13(7-9-16)17-10-20-11-25-17/h2-11H,1H3,(H,22,24). The number of anilines is 1. The molecule has 0 aliphatic carbocycles. The number of aryl methyl sites for hydroxylation is 1. The van der Waals surface area contributed by atoms with Crippen molar-refractivity contribution < 1.29 is 13.7 Å². The number of carbonyl (C=O) groups is 1. The SMILES string of the molecule is Cc1noc(-c2ccc(C(=O)Nc3ccc(-c4cnco4)cc3)cc2)n1. The Kier molecular flexibility index (Phi) is 4.03. The highest BCUT2D eigenvalue weighted by Gasteiger charge is 2.10. The van der Waals surface area contributed by atoms with Gasteiger partial charge in [-0.1, -0.05) is 5.16 Å². The molecule has 0 fully saturated rings. The first-order valence-corrected chi connectivity index (χ1v) is 7.90. The van der Waals surface area contributed by atoms with Gasteiger partial charge in [-0.15, -0.1) is 0 Å². The van der Waals surface area contributed by atoms with Gasteiger partial charge < -0.3 is 14.3 Å². The lowest BCUT2D eigenvalue weighted by Crippen LogP contribution is -2.11. The molecule has 7 nitrogen and oxygen atoms in total. The molecule has 1 N–H and O–H groups in total. The fourth-order valence-electron chi connectivity index (χ4n) is 2.46. The molecular formula is C19H14N4O3. The van der Waals surface area contributed by atoms with Gasteiger partial charge in [0.25, 0.3) is 11.8 Å². The van der Waals surface area contributed by atoms with Crippen molar-refractivity contribution in [2.45, 2.75) is 6.92 Å². The number of rotatable bonds is 4. The van der Waals surface area contributed by atoms with Crippen molar-refractivity contribution in [1.82, 2.24) is 15.1 Å². The largest absolute Gasteiger partial charge is 0.444 e. The average Bonchev–Trinajstić information content (AvgIpc) is 3.34. The van der Waals surface area contributed by atoms with Crippen molar-refractivity contribution in [3.8, 4) is 22.8 Å². The van der Waals surface area contributed by atoms with Crippen LogP contribution in [0.15, 0.2) is 70.1 Å². The summed E-state index contributed by atoms with van der Waals surface area (Å²) in [6.45, 7) is 1.75. The first-order valence-electron chi connectivity index (χ1n) is 7.90. The van der Waals surface area contributed by atoms with E-state index in [1.54, 1.807) is 37.4 Å². The van der Waals surface area contributed by atoms with E-state index in [0.717, 1.165) is 11.1 Å². The zero-order valence-corrected chi connectivity index (χ0v) is 13.8. The van der Waals surface area contributed by atoms with Gasteiger partial charge in [0.05, 0.1) is 6.20 Å². The summed E-state index contributed by atoms with van der Waals surface area (Å²) >= 11 is 0. The zero-order chi connectivity index (χ0) is 17.9. The van der Waals surface area contributed by atoms with Gasteiger partial charge in [-0.2, -0.15) is 4.98 Å². The Labute approximate surface area is 148 Å². The molecule has 0 atom stereocenters. The van der Waals surface area contributed by atoms with E-state index >= 15 is 0 Å². The molecule has 2 aromatic carbocycles. The fourth-order valence-corrected chi connectivity index (χ4v) is 2.46. The minimum Gasteiger partial charge on any atom is -0.444 e. The predicted molar refractivity (Wildman–Crippen MR) is 94.4 cm³/mol. The van der Waals surface area contributed by atoms with E-state index in [0.29, 0.717) is 28.7 Å². The Bertz CT molecular complexity index is 1020. The third-order valence-corrected chi connectivity index (χ3v) is 3.78. The van der Waals surface area contributed by atoms with Crippen LogP contribution in [0.5, 0.6) is 0 Å². The minimum absolute atomic E-state index is 0.203. The molecule has 0 saturated heterocycles. The Morgan fingerprint density at radius 1 is 1.00 bits per heavy atom. The van der Waals surface area contributed by atoms with Gasteiger partial charge in [-0.3, -0.25) is 4.79 Å². The molecule has 0 bridgehead atoms. The molecule has 26 heavy (non-hydrogen) atoms. The summed E-state index contributed by atoms with van der Waals surface area (Å²) in [7, 11) is 0. The van der Waals surface area contributed by atoms with E-state index in [9.17, 15) is 4.79 Å². The molecule has 7 heteroatoms. The lowest BCUT2D eigenvalue weighted by molar-refractivity contribution is 0.102. The summed E-state index contributed by atoms with van der Waals surface area (Å²) < 4.78 is 10.4. The molecule has 2 aromatic heterocycles. The lowest BCUT2D eigenvalue weighted by Gasteiger charge is -2.06. The minimum atomic E-state index is -0.203. The quantitative estimate of drug-likeness (QED) is 0.601. The molecule has 4 rings (SSSR count). The Balaban J connectivity index is 1.46. The molecule has 1 amide bonds. The second-order valence-corrected chi connectivity index (χ2v) is 5.62. The summed E-state index contributed by atoms with van der Waals surface area (Å²) in [5.41, 5.74) is 2.87. The van der Waals surface area contributed by atoms with E-state index in [1.165, 1.54) is 6.39 Å². The van der Waals surface area contributed by atoms with Crippen LogP contribution in [0.4, 0.5) is 5.69 Å². The molecule has 0 spiro atoms. The Morgan fingerprint density at radius 3 is 2.35 bits per heavy atom. The molecule has 2 heterocycles. The average molecular weight is 346 g/mol. The highest BCUT2D eigenvalue weighted by Crippen LogP contribution is 2.22. The molecule has 0 radical (unpaired) electrons. The van der Waals surface area contributed by atoms with Crippen molar-refractivity contribution in [2.24, 2.45) is 0 Å². The third-order valence-electron chi connectivity index (χ3n) is 3.78. The zero-order valence-electron chi connectivity index (χ0n) is 13.8. The number of carbonyl (C=O) groups excluding carboxylic acids is 1. The van der Waals surface area contributed by atoms with E-state index in [-0.39, 0.29) is 5.91 Å². The van der Waals surface area contributed by atoms with Crippen LogP contribution in [0.3, 0.4) is 0 Å². The first-order chi connectivity index (χ1) is 12.7. The van der Waals surface area contributed by atoms with Crippen molar-refractivity contribution in [3.63, 3.8) is 0 Å². The highest BCUT2D eigenvalue weighted by molar-refractivity contribution is 6.04. The lowest BCUT2D eigenvalue weighted by atomic mass is 10.1. The van der Waals surface area contributed by atoms with Crippen LogP contribution in [0.25, 0.3) is 22.8 Å². The molecular weight excluding hydrogens is 332 g/mol. The van der Waals surface area contributed by atoms with Crippen molar-refractivity contribution in [2.75, 3.05) is 5.32 Å². The molecule has 4 aromatic rings. The topological polar surface area (TPSA) is 94.1 Å². The number of nitrogens with zero attached hydrogens (tertiary/aromatic N) is 3. The van der Waals surface area contributed by atoms with Crippen LogP contribution in [0.2, 0.25) is 0 Å². The number of amides is 1. The molecule has 0 unspecified atom stereocenters. The summed E-state index contributed by atoms with van der Waals surface area (Å²) in [6.07, 6.45) is 3.02. The normalized spacial score (nSPS) is 10.7. The van der Waals surface area contributed by atoms with Crippen molar-refractivity contribution >= 4 is 11.6 Å². The summed E-state index contributed by atoms with van der Waals surface area (Å²) in [5.74, 6) is 1.47. The van der Waals surface area contributed by atoms with Gasteiger partial charge in [-0.05, 0) is 55.5 Å². The molecule has 0 saturated carbocycles. The second kappa shape index (κ2) is 6.64. The van der Waals surface area contributed by atoms with E-state index < -0.39 is 0 Å². The molecule has 128 valence electrons. The van der Waals surface area contributed by atoms with Crippen LogP contribution in [0, 0.1) is 6.92 Å². The van der Waals surface area contributed by atoms with Gasteiger partial charge in [0.1, 0.15) is 0 Å². The number of benzene rings is 2. The number of hydrogen-bond acceptors (Lipinski definition) is 6. The van der Waals surface area contributed by atoms with E-state index in [4.69, 9.17) is 8.94 Å². The number of nitrogens with one attached hydrogen (secondary N) is 1. The summed E-state index contributed by atoms with van der Waals surface area (Å²) in [5, 5.41) is 6.61. The second-order valence-electron chi connectivity index (χ2n) is 5.62. The van der Waals surface area contributed by atoms with Gasteiger partial charge in [0.15, 0.2) is 18.0 Å². The molecule has 0 aliphatic rings. The Hall–Kier alpha value is -3.74. The van der Waals surface area contributed by atoms with E-state index in [2.05, 4.69) is 20.4 Å². The van der Waals surface area contributed by atoms with Gasteiger partial charge in [0, 0.05) is 22.4 Å². The van der Waals surface area contributed by atoms with E-state index in [1.807, 2.05) is 24.3 Å². The maximum Gasteiger partial charge on any atom is 0.257 e. The van der Waals surface area contributed by atoms with Crippen molar-refractivity contribution in [1.29, 1.82) is 0 Å². The third kappa shape index (κ3) is 3.23. The van der Waals surface area contributed by atoms with Crippen LogP contribution in [0.1, 0.15) is 16.2 Å². The summed E-state index contributed by atoms with van der Waals surface area (Å²) in [6, 6.07) is 14.3. The first kappa shape index (κ1) is 15.8. The number of hydrogen-bond donors (Lipinski definition) is 1. The fraction of sp³-hybridized carbons (Fsp3) is 0.0526. The maximum atomic E-state index is 12.4. The smallest absolute Gasteiger partial charge is 0.257 e. The monoisotopic (exact) mass is 346 g/mol. The van der Waals surface area contributed by atoms with Gasteiger partial charge in [0.2, 0.25) is 0 Å². The molecule has 0 aliphatic heterocycles.